The summed E-state index contributed by atoms with van der Waals surface area (Å²) in [5, 5.41) is 0. The first-order chi connectivity index (χ1) is 7.63. The van der Waals surface area contributed by atoms with Crippen LogP contribution in [0.3, 0.4) is 0 Å². The maximum Gasteiger partial charge on any atom is 0.235 e. The van der Waals surface area contributed by atoms with E-state index in [2.05, 4.69) is 18.8 Å². The van der Waals surface area contributed by atoms with Gasteiger partial charge in [-0.3, -0.25) is 9.59 Å². The fourth-order valence-electron chi connectivity index (χ4n) is 1.89. The zero-order chi connectivity index (χ0) is 11.7. The van der Waals surface area contributed by atoms with Crippen molar-refractivity contribution in [2.24, 2.45) is 0 Å². The third kappa shape index (κ3) is 1.75. The van der Waals surface area contributed by atoms with Gasteiger partial charge in [0.15, 0.2) is 0 Å². The first-order valence-electron chi connectivity index (χ1n) is 5.67. The highest BCUT2D eigenvalue weighted by molar-refractivity contribution is 6.19. The van der Waals surface area contributed by atoms with Gasteiger partial charge in [0.05, 0.1) is 0 Å². The van der Waals surface area contributed by atoms with E-state index < -0.39 is 0 Å². The number of rotatable bonds is 3. The van der Waals surface area contributed by atoms with Gasteiger partial charge in [0, 0.05) is 19.0 Å². The average molecular weight is 220 g/mol. The Bertz CT molecular complexity index is 406. The van der Waals surface area contributed by atoms with Gasteiger partial charge in [-0.1, -0.05) is 13.8 Å². The van der Waals surface area contributed by atoms with E-state index >= 15 is 0 Å². The van der Waals surface area contributed by atoms with Crippen molar-refractivity contribution in [3.8, 4) is 0 Å². The van der Waals surface area contributed by atoms with E-state index in [1.165, 1.54) is 4.90 Å². The molecule has 1 N–H and O–H groups in total. The molecule has 1 aliphatic heterocycles. The highest BCUT2D eigenvalue weighted by atomic mass is 16.2. The van der Waals surface area contributed by atoms with Crippen LogP contribution in [0.1, 0.15) is 44.6 Å². The Morgan fingerprint density at radius 2 is 2.00 bits per heavy atom. The molecule has 1 atom stereocenters. The Morgan fingerprint density at radius 3 is 2.56 bits per heavy atom. The number of carbonyl (C=O) groups is 2. The Balaban J connectivity index is 2.24. The van der Waals surface area contributed by atoms with Gasteiger partial charge in [0.2, 0.25) is 11.8 Å². The monoisotopic (exact) mass is 220 g/mol. The minimum Gasteiger partial charge on any atom is -0.347 e. The standard InChI is InChI=1S/C12H16N2O2/c1-3-8(2)9-6-10(13-7-9)14-11(15)4-5-12(14)16/h6-8,13H,3-5H2,1-2H3. The highest BCUT2D eigenvalue weighted by Crippen LogP contribution is 2.26. The van der Waals surface area contributed by atoms with Crippen LogP contribution in [0.5, 0.6) is 0 Å². The smallest absolute Gasteiger partial charge is 0.235 e. The molecule has 1 saturated heterocycles. The third-order valence-electron chi connectivity index (χ3n) is 3.16. The summed E-state index contributed by atoms with van der Waals surface area (Å²) in [7, 11) is 0. The summed E-state index contributed by atoms with van der Waals surface area (Å²) in [5.41, 5.74) is 1.14. The second-order valence-corrected chi connectivity index (χ2v) is 4.25. The summed E-state index contributed by atoms with van der Waals surface area (Å²) in [5.74, 6) is 0.839. The van der Waals surface area contributed by atoms with Gasteiger partial charge in [-0.25, -0.2) is 4.90 Å². The molecule has 16 heavy (non-hydrogen) atoms. The predicted octanol–water partition coefficient (Wildman–Crippen LogP) is 2.18. The molecule has 0 saturated carbocycles. The van der Waals surface area contributed by atoms with E-state index in [-0.39, 0.29) is 11.8 Å². The van der Waals surface area contributed by atoms with Crippen LogP contribution in [0, 0.1) is 0 Å². The van der Waals surface area contributed by atoms with Crippen molar-refractivity contribution in [3.63, 3.8) is 0 Å². The van der Waals surface area contributed by atoms with Crippen LogP contribution >= 0.6 is 0 Å². The molecule has 2 amide bonds. The Kier molecular flexibility index (Phi) is 2.81. The van der Waals surface area contributed by atoms with Crippen LogP contribution in [0.2, 0.25) is 0 Å². The Labute approximate surface area is 94.6 Å². The second-order valence-electron chi connectivity index (χ2n) is 4.25. The molecule has 0 aromatic carbocycles. The summed E-state index contributed by atoms with van der Waals surface area (Å²) >= 11 is 0. The molecule has 86 valence electrons. The molecule has 0 aliphatic carbocycles. The van der Waals surface area contributed by atoms with Crippen molar-refractivity contribution < 1.29 is 9.59 Å². The van der Waals surface area contributed by atoms with E-state index in [1.54, 1.807) is 0 Å². The number of hydrogen-bond acceptors (Lipinski definition) is 2. The maximum atomic E-state index is 11.5. The van der Waals surface area contributed by atoms with Crippen molar-refractivity contribution in [1.29, 1.82) is 0 Å². The minimum absolute atomic E-state index is 0.109. The summed E-state index contributed by atoms with van der Waals surface area (Å²) in [4.78, 5) is 27.3. The molecule has 0 spiro atoms. The van der Waals surface area contributed by atoms with Gasteiger partial charge >= 0.3 is 0 Å². The Morgan fingerprint density at radius 1 is 1.38 bits per heavy atom. The van der Waals surface area contributed by atoms with Crippen molar-refractivity contribution in [2.45, 2.75) is 39.0 Å². The first-order valence-corrected chi connectivity index (χ1v) is 5.67. The van der Waals surface area contributed by atoms with Crippen LogP contribution in [0.25, 0.3) is 0 Å². The van der Waals surface area contributed by atoms with Crippen LogP contribution in [-0.4, -0.2) is 16.8 Å². The van der Waals surface area contributed by atoms with Crippen LogP contribution < -0.4 is 4.90 Å². The molecule has 1 aliphatic rings. The number of aromatic nitrogens is 1. The second kappa shape index (κ2) is 4.12. The normalized spacial score (nSPS) is 18.2. The quantitative estimate of drug-likeness (QED) is 0.794. The van der Waals surface area contributed by atoms with Gasteiger partial charge in [-0.05, 0) is 24.0 Å². The molecule has 4 nitrogen and oxygen atoms in total. The van der Waals surface area contributed by atoms with Gasteiger partial charge < -0.3 is 4.98 Å². The minimum atomic E-state index is -0.109. The lowest BCUT2D eigenvalue weighted by Gasteiger charge is -2.10. The van der Waals surface area contributed by atoms with Crippen LogP contribution in [0.15, 0.2) is 12.3 Å². The summed E-state index contributed by atoms with van der Waals surface area (Å²) < 4.78 is 0. The number of imide groups is 1. The predicted molar refractivity (Wildman–Crippen MR) is 61.2 cm³/mol. The summed E-state index contributed by atoms with van der Waals surface area (Å²) in [6.07, 6.45) is 3.58. The molecule has 1 fully saturated rings. The number of H-pyrrole nitrogens is 1. The fourth-order valence-corrected chi connectivity index (χ4v) is 1.89. The van der Waals surface area contributed by atoms with E-state index in [4.69, 9.17) is 0 Å². The number of anilines is 1. The lowest BCUT2D eigenvalue weighted by Crippen LogP contribution is -2.28. The number of carbonyl (C=O) groups excluding carboxylic acids is 2. The summed E-state index contributed by atoms with van der Waals surface area (Å²) in [6.45, 7) is 4.24. The SMILES string of the molecule is CCC(C)c1c[nH]c(N2C(=O)CCC2=O)c1. The molecule has 1 aromatic rings. The number of hydrogen-bond donors (Lipinski definition) is 1. The van der Waals surface area contributed by atoms with E-state index in [9.17, 15) is 9.59 Å². The number of aromatic amines is 1. The lowest BCUT2D eigenvalue weighted by molar-refractivity contribution is -0.121. The van der Waals surface area contributed by atoms with Gasteiger partial charge in [-0.2, -0.15) is 0 Å². The van der Waals surface area contributed by atoms with Gasteiger partial charge in [0.25, 0.3) is 0 Å². The van der Waals surface area contributed by atoms with Crippen molar-refractivity contribution in [2.75, 3.05) is 4.90 Å². The van der Waals surface area contributed by atoms with E-state index in [0.29, 0.717) is 24.6 Å². The third-order valence-corrected chi connectivity index (χ3v) is 3.16. The largest absolute Gasteiger partial charge is 0.347 e. The first kappa shape index (κ1) is 10.9. The van der Waals surface area contributed by atoms with Gasteiger partial charge in [-0.15, -0.1) is 0 Å². The number of nitrogens with zero attached hydrogens (tertiary/aromatic N) is 1. The molecule has 4 heteroatoms. The lowest BCUT2D eigenvalue weighted by atomic mass is 10.0. The Hall–Kier alpha value is -1.58. The highest BCUT2D eigenvalue weighted by Gasteiger charge is 2.31. The molecule has 0 bridgehead atoms. The topological polar surface area (TPSA) is 53.2 Å². The van der Waals surface area contributed by atoms with Crippen molar-refractivity contribution in [3.05, 3.63) is 17.8 Å². The van der Waals surface area contributed by atoms with E-state index in [0.717, 1.165) is 12.0 Å². The fraction of sp³-hybridized carbons (Fsp3) is 0.500. The molecular weight excluding hydrogens is 204 g/mol. The number of amides is 2. The van der Waals surface area contributed by atoms with Gasteiger partial charge in [0.1, 0.15) is 5.82 Å². The van der Waals surface area contributed by atoms with Crippen LogP contribution in [0.4, 0.5) is 5.82 Å². The summed E-state index contributed by atoms with van der Waals surface area (Å²) in [6, 6.07) is 1.90. The zero-order valence-electron chi connectivity index (χ0n) is 9.62. The van der Waals surface area contributed by atoms with E-state index in [1.807, 2.05) is 12.3 Å². The molecule has 1 aromatic heterocycles. The van der Waals surface area contributed by atoms with Crippen molar-refractivity contribution in [1.82, 2.24) is 4.98 Å². The van der Waals surface area contributed by atoms with Crippen molar-refractivity contribution >= 4 is 17.6 Å². The average Bonchev–Trinajstić information content (AvgIpc) is 2.85. The molecular formula is C12H16N2O2. The van der Waals surface area contributed by atoms with Crippen LogP contribution in [-0.2, 0) is 9.59 Å². The molecule has 0 radical (unpaired) electrons. The number of nitrogens with one attached hydrogen (secondary N) is 1. The maximum absolute atomic E-state index is 11.5. The molecule has 1 unspecified atom stereocenters. The molecule has 2 heterocycles. The molecule has 2 rings (SSSR count). The zero-order valence-corrected chi connectivity index (χ0v) is 9.62.